The van der Waals surface area contributed by atoms with Crippen LogP contribution in [0, 0.1) is 13.8 Å². The minimum absolute atomic E-state index is 0.285. The molecule has 128 valence electrons. The van der Waals surface area contributed by atoms with Crippen LogP contribution in [0.4, 0.5) is 0 Å². The Morgan fingerprint density at radius 3 is 2.56 bits per heavy atom. The lowest BCUT2D eigenvalue weighted by Gasteiger charge is -2.12. The summed E-state index contributed by atoms with van der Waals surface area (Å²) in [6, 6.07) is 14.5. The summed E-state index contributed by atoms with van der Waals surface area (Å²) in [5, 5.41) is 3.53. The fraction of sp³-hybridized carbons (Fsp3) is 0.200. The lowest BCUT2D eigenvalue weighted by molar-refractivity contribution is 0.0948. The Morgan fingerprint density at radius 2 is 1.80 bits per heavy atom. The van der Waals surface area contributed by atoms with Gasteiger partial charge in [0.15, 0.2) is 0 Å². The van der Waals surface area contributed by atoms with Crippen molar-refractivity contribution in [3.05, 3.63) is 75.6 Å². The number of aromatic amines is 1. The van der Waals surface area contributed by atoms with Gasteiger partial charge in [-0.15, -0.1) is 0 Å². The zero-order valence-corrected chi connectivity index (χ0v) is 14.3. The van der Waals surface area contributed by atoms with E-state index in [4.69, 9.17) is 4.74 Å². The first kappa shape index (κ1) is 16.8. The molecule has 5 nitrogen and oxygen atoms in total. The Labute approximate surface area is 145 Å². The second kappa shape index (κ2) is 7.21. The molecule has 2 aromatic carbocycles. The molecular weight excluding hydrogens is 316 g/mol. The maximum atomic E-state index is 12.4. The van der Waals surface area contributed by atoms with E-state index in [1.54, 1.807) is 6.07 Å². The van der Waals surface area contributed by atoms with Gasteiger partial charge in [-0.1, -0.05) is 36.4 Å². The lowest BCUT2D eigenvalue weighted by Crippen LogP contribution is -2.29. The van der Waals surface area contributed by atoms with E-state index in [0.29, 0.717) is 24.2 Å². The van der Waals surface area contributed by atoms with E-state index in [1.807, 2.05) is 50.2 Å². The van der Waals surface area contributed by atoms with Crippen LogP contribution in [0.1, 0.15) is 21.5 Å². The van der Waals surface area contributed by atoms with Crippen LogP contribution < -0.4 is 15.6 Å². The molecule has 25 heavy (non-hydrogen) atoms. The largest absolute Gasteiger partial charge is 0.491 e. The summed E-state index contributed by atoms with van der Waals surface area (Å²) in [5.74, 6) is 0.561. The number of fused-ring (bicyclic) bond motifs is 1. The molecule has 0 aliphatic heterocycles. The molecular formula is C20H20N2O3. The summed E-state index contributed by atoms with van der Waals surface area (Å²) in [6.07, 6.45) is 0. The van der Waals surface area contributed by atoms with Crippen molar-refractivity contribution in [1.82, 2.24) is 10.3 Å². The highest BCUT2D eigenvalue weighted by atomic mass is 16.5. The minimum Gasteiger partial charge on any atom is -0.491 e. The van der Waals surface area contributed by atoms with Crippen LogP contribution in [-0.2, 0) is 0 Å². The molecule has 2 N–H and O–H groups in total. The third-order valence-corrected chi connectivity index (χ3v) is 4.04. The Morgan fingerprint density at radius 1 is 1.08 bits per heavy atom. The number of para-hydroxylation sites is 2. The molecule has 0 atom stereocenters. The van der Waals surface area contributed by atoms with Crippen LogP contribution in [0.5, 0.6) is 5.75 Å². The SMILES string of the molecule is Cc1cccc(C)c1OCCNC(=O)c1cc(=O)[nH]c2ccccc12. The van der Waals surface area contributed by atoms with Gasteiger partial charge in [0.25, 0.3) is 5.91 Å². The monoisotopic (exact) mass is 336 g/mol. The molecule has 3 rings (SSSR count). The first-order chi connectivity index (χ1) is 12.1. The molecule has 5 heteroatoms. The number of aromatic nitrogens is 1. The normalized spacial score (nSPS) is 10.6. The Hall–Kier alpha value is -3.08. The number of carbonyl (C=O) groups is 1. The Kier molecular flexibility index (Phi) is 4.84. The van der Waals surface area contributed by atoms with Crippen LogP contribution in [0.15, 0.2) is 53.3 Å². The van der Waals surface area contributed by atoms with Crippen molar-refractivity contribution in [3.63, 3.8) is 0 Å². The fourth-order valence-corrected chi connectivity index (χ4v) is 2.83. The van der Waals surface area contributed by atoms with Crippen LogP contribution in [0.3, 0.4) is 0 Å². The summed E-state index contributed by atoms with van der Waals surface area (Å²) >= 11 is 0. The van der Waals surface area contributed by atoms with Gasteiger partial charge in [-0.3, -0.25) is 9.59 Å². The molecule has 0 unspecified atom stereocenters. The number of rotatable bonds is 5. The van der Waals surface area contributed by atoms with Crippen molar-refractivity contribution < 1.29 is 9.53 Å². The number of benzene rings is 2. The first-order valence-electron chi connectivity index (χ1n) is 8.15. The average molecular weight is 336 g/mol. The predicted molar refractivity (Wildman–Crippen MR) is 98.3 cm³/mol. The third-order valence-electron chi connectivity index (χ3n) is 4.04. The average Bonchev–Trinajstić information content (AvgIpc) is 2.59. The van der Waals surface area contributed by atoms with Gasteiger partial charge >= 0.3 is 0 Å². The zero-order valence-electron chi connectivity index (χ0n) is 14.3. The van der Waals surface area contributed by atoms with Gasteiger partial charge in [0.1, 0.15) is 12.4 Å². The smallest absolute Gasteiger partial charge is 0.252 e. The Bertz CT molecular complexity index is 956. The van der Waals surface area contributed by atoms with E-state index in [-0.39, 0.29) is 11.5 Å². The standard InChI is InChI=1S/C20H20N2O3/c1-13-6-5-7-14(2)19(13)25-11-10-21-20(24)16-12-18(23)22-17-9-4-3-8-15(16)17/h3-9,12H,10-11H2,1-2H3,(H,21,24)(H,22,23). The van der Waals surface area contributed by atoms with Gasteiger partial charge in [-0.25, -0.2) is 0 Å². The van der Waals surface area contributed by atoms with Gasteiger partial charge in [0.2, 0.25) is 5.56 Å². The van der Waals surface area contributed by atoms with E-state index < -0.39 is 0 Å². The minimum atomic E-state index is -0.296. The number of hydrogen-bond donors (Lipinski definition) is 2. The number of amides is 1. The number of H-pyrrole nitrogens is 1. The molecule has 1 amide bonds. The topological polar surface area (TPSA) is 71.2 Å². The molecule has 1 aromatic heterocycles. The van der Waals surface area contributed by atoms with Gasteiger partial charge in [-0.2, -0.15) is 0 Å². The highest BCUT2D eigenvalue weighted by molar-refractivity contribution is 6.05. The highest BCUT2D eigenvalue weighted by Crippen LogP contribution is 2.22. The fourth-order valence-electron chi connectivity index (χ4n) is 2.83. The molecule has 0 fully saturated rings. The predicted octanol–water partition coefficient (Wildman–Crippen LogP) is 2.95. The maximum absolute atomic E-state index is 12.4. The number of aryl methyl sites for hydroxylation is 2. The van der Waals surface area contributed by atoms with E-state index in [2.05, 4.69) is 10.3 Å². The van der Waals surface area contributed by atoms with E-state index in [0.717, 1.165) is 22.3 Å². The molecule has 0 aliphatic rings. The highest BCUT2D eigenvalue weighted by Gasteiger charge is 2.11. The Balaban J connectivity index is 1.67. The summed E-state index contributed by atoms with van der Waals surface area (Å²) in [6.45, 7) is 4.69. The molecule has 1 heterocycles. The molecule has 0 saturated heterocycles. The van der Waals surface area contributed by atoms with Crippen LogP contribution >= 0.6 is 0 Å². The second-order valence-corrected chi connectivity index (χ2v) is 5.92. The summed E-state index contributed by atoms with van der Waals surface area (Å²) < 4.78 is 5.78. The second-order valence-electron chi connectivity index (χ2n) is 5.92. The van der Waals surface area contributed by atoms with E-state index >= 15 is 0 Å². The van der Waals surface area contributed by atoms with Crippen LogP contribution in [0.25, 0.3) is 10.9 Å². The zero-order chi connectivity index (χ0) is 17.8. The van der Waals surface area contributed by atoms with Crippen molar-refractivity contribution in [3.8, 4) is 5.75 Å². The number of pyridine rings is 1. The van der Waals surface area contributed by atoms with Crippen LogP contribution in [0.2, 0.25) is 0 Å². The van der Waals surface area contributed by atoms with Crippen LogP contribution in [-0.4, -0.2) is 24.0 Å². The van der Waals surface area contributed by atoms with Crippen molar-refractivity contribution in [2.45, 2.75) is 13.8 Å². The van der Waals surface area contributed by atoms with E-state index in [9.17, 15) is 9.59 Å². The van der Waals surface area contributed by atoms with Gasteiger partial charge in [-0.05, 0) is 31.0 Å². The molecule has 0 aliphatic carbocycles. The number of carbonyl (C=O) groups excluding carboxylic acids is 1. The molecule has 0 radical (unpaired) electrons. The van der Waals surface area contributed by atoms with Crippen molar-refractivity contribution in [2.24, 2.45) is 0 Å². The van der Waals surface area contributed by atoms with Gasteiger partial charge in [0, 0.05) is 17.0 Å². The number of hydrogen-bond acceptors (Lipinski definition) is 3. The molecule has 0 spiro atoms. The number of nitrogens with one attached hydrogen (secondary N) is 2. The summed E-state index contributed by atoms with van der Waals surface area (Å²) in [4.78, 5) is 26.9. The van der Waals surface area contributed by atoms with Crippen molar-refractivity contribution >= 4 is 16.8 Å². The van der Waals surface area contributed by atoms with Crippen molar-refractivity contribution in [1.29, 1.82) is 0 Å². The van der Waals surface area contributed by atoms with Crippen molar-refractivity contribution in [2.75, 3.05) is 13.2 Å². The van der Waals surface area contributed by atoms with E-state index in [1.165, 1.54) is 6.07 Å². The molecule has 0 saturated carbocycles. The van der Waals surface area contributed by atoms with Gasteiger partial charge in [0.05, 0.1) is 12.1 Å². The summed E-state index contributed by atoms with van der Waals surface area (Å²) in [5.41, 5.74) is 2.84. The third kappa shape index (κ3) is 3.71. The lowest BCUT2D eigenvalue weighted by atomic mass is 10.1. The molecule has 0 bridgehead atoms. The number of ether oxygens (including phenoxy) is 1. The quantitative estimate of drug-likeness (QED) is 0.704. The summed E-state index contributed by atoms with van der Waals surface area (Å²) in [7, 11) is 0. The molecule has 3 aromatic rings. The first-order valence-corrected chi connectivity index (χ1v) is 8.15. The van der Waals surface area contributed by atoms with Gasteiger partial charge < -0.3 is 15.0 Å². The maximum Gasteiger partial charge on any atom is 0.252 e.